The first-order valence-corrected chi connectivity index (χ1v) is 9.56. The minimum absolute atomic E-state index is 0.158. The Morgan fingerprint density at radius 2 is 1.90 bits per heavy atom. The van der Waals surface area contributed by atoms with E-state index in [1.807, 2.05) is 13.8 Å². The third-order valence-electron chi connectivity index (χ3n) is 4.55. The standard InChI is InChI=1S/C20H14F4N4OS/c1-9-10(2)30-19(25-9)28-18(29)12-4-3-5-15-16(12)27-17(26-15)13-8-11(21)6-7-14(13)20(22,23)24/h3-8H,1-2H3,(H,26,27)(H,25,28,29). The lowest BCUT2D eigenvalue weighted by molar-refractivity contribution is -0.137. The van der Waals surface area contributed by atoms with Crippen molar-refractivity contribution in [3.05, 3.63) is 63.9 Å². The number of nitrogens with zero attached hydrogens (tertiary/aromatic N) is 2. The molecule has 5 nitrogen and oxygen atoms in total. The Labute approximate surface area is 171 Å². The van der Waals surface area contributed by atoms with Gasteiger partial charge in [0.1, 0.15) is 17.2 Å². The van der Waals surface area contributed by atoms with Crippen LogP contribution in [0.25, 0.3) is 22.4 Å². The quantitative estimate of drug-likeness (QED) is 0.406. The summed E-state index contributed by atoms with van der Waals surface area (Å²) in [5, 5.41) is 3.09. The molecule has 0 saturated carbocycles. The van der Waals surface area contributed by atoms with Gasteiger partial charge in [0.15, 0.2) is 5.13 Å². The normalized spacial score (nSPS) is 11.8. The average molecular weight is 434 g/mol. The van der Waals surface area contributed by atoms with E-state index in [2.05, 4.69) is 20.3 Å². The molecule has 0 aliphatic carbocycles. The number of rotatable bonds is 3. The molecule has 1 amide bonds. The Morgan fingerprint density at radius 3 is 2.57 bits per heavy atom. The van der Waals surface area contributed by atoms with E-state index < -0.39 is 29.0 Å². The summed E-state index contributed by atoms with van der Waals surface area (Å²) in [6.45, 7) is 3.69. The smallest absolute Gasteiger partial charge is 0.338 e. The predicted molar refractivity (Wildman–Crippen MR) is 106 cm³/mol. The molecular weight excluding hydrogens is 420 g/mol. The molecule has 0 saturated heterocycles. The molecule has 0 aliphatic rings. The van der Waals surface area contributed by atoms with Crippen LogP contribution in [0.15, 0.2) is 36.4 Å². The Kier molecular flexibility index (Phi) is 4.81. The van der Waals surface area contributed by atoms with Gasteiger partial charge in [-0.3, -0.25) is 10.1 Å². The fourth-order valence-electron chi connectivity index (χ4n) is 2.99. The summed E-state index contributed by atoms with van der Waals surface area (Å²) < 4.78 is 53.8. The van der Waals surface area contributed by atoms with Crippen LogP contribution in [0, 0.1) is 19.7 Å². The first-order valence-electron chi connectivity index (χ1n) is 8.74. The first kappa shape index (κ1) is 20.0. The summed E-state index contributed by atoms with van der Waals surface area (Å²) in [7, 11) is 0. The predicted octanol–water partition coefficient (Wildman–Crippen LogP) is 5.71. The van der Waals surface area contributed by atoms with E-state index in [0.717, 1.165) is 22.7 Å². The van der Waals surface area contributed by atoms with Gasteiger partial charge < -0.3 is 4.98 Å². The summed E-state index contributed by atoms with van der Waals surface area (Å²) in [6, 6.07) is 6.83. The topological polar surface area (TPSA) is 70.7 Å². The van der Waals surface area contributed by atoms with Gasteiger partial charge in [0.25, 0.3) is 5.91 Å². The number of anilines is 1. The van der Waals surface area contributed by atoms with E-state index in [4.69, 9.17) is 0 Å². The van der Waals surface area contributed by atoms with Gasteiger partial charge in [-0.1, -0.05) is 6.07 Å². The van der Waals surface area contributed by atoms with Crippen LogP contribution in [0.1, 0.15) is 26.5 Å². The summed E-state index contributed by atoms with van der Waals surface area (Å²) in [5.74, 6) is -1.51. The number of carbonyl (C=O) groups excluding carboxylic acids is 1. The van der Waals surface area contributed by atoms with Gasteiger partial charge in [0.2, 0.25) is 0 Å². The third-order valence-corrected chi connectivity index (χ3v) is 5.54. The van der Waals surface area contributed by atoms with Crippen LogP contribution in [0.5, 0.6) is 0 Å². The maximum atomic E-state index is 13.7. The van der Waals surface area contributed by atoms with E-state index in [-0.39, 0.29) is 16.9 Å². The third kappa shape index (κ3) is 3.65. The van der Waals surface area contributed by atoms with Crippen LogP contribution in [0.4, 0.5) is 22.7 Å². The number of H-pyrrole nitrogens is 1. The number of benzene rings is 2. The second-order valence-electron chi connectivity index (χ2n) is 6.59. The number of amides is 1. The number of aromatic amines is 1. The van der Waals surface area contributed by atoms with Crippen molar-refractivity contribution in [2.45, 2.75) is 20.0 Å². The van der Waals surface area contributed by atoms with Crippen LogP contribution in [0.3, 0.4) is 0 Å². The zero-order valence-electron chi connectivity index (χ0n) is 15.7. The molecule has 0 bridgehead atoms. The number of nitrogens with one attached hydrogen (secondary N) is 2. The fraction of sp³-hybridized carbons (Fsp3) is 0.150. The summed E-state index contributed by atoms with van der Waals surface area (Å²) in [4.78, 5) is 24.9. The molecule has 0 radical (unpaired) electrons. The maximum Gasteiger partial charge on any atom is 0.417 e. The van der Waals surface area contributed by atoms with E-state index in [1.54, 1.807) is 12.1 Å². The van der Waals surface area contributed by atoms with Gasteiger partial charge in [-0.05, 0) is 44.2 Å². The van der Waals surface area contributed by atoms with Crippen molar-refractivity contribution in [1.29, 1.82) is 0 Å². The van der Waals surface area contributed by atoms with Crippen LogP contribution in [-0.2, 0) is 6.18 Å². The molecule has 2 N–H and O–H groups in total. The van der Waals surface area contributed by atoms with Gasteiger partial charge in [0.05, 0.1) is 22.3 Å². The van der Waals surface area contributed by atoms with Crippen molar-refractivity contribution in [3.63, 3.8) is 0 Å². The number of alkyl halides is 3. The van der Waals surface area contributed by atoms with E-state index in [1.165, 1.54) is 17.4 Å². The highest BCUT2D eigenvalue weighted by Gasteiger charge is 2.34. The van der Waals surface area contributed by atoms with E-state index in [0.29, 0.717) is 16.7 Å². The molecular formula is C20H14F4N4OS. The number of carbonyl (C=O) groups is 1. The second-order valence-corrected chi connectivity index (χ2v) is 7.79. The minimum atomic E-state index is -4.69. The number of hydrogen-bond acceptors (Lipinski definition) is 4. The second kappa shape index (κ2) is 7.21. The molecule has 10 heteroatoms. The highest BCUT2D eigenvalue weighted by Crippen LogP contribution is 2.37. The molecule has 2 aromatic carbocycles. The van der Waals surface area contributed by atoms with Gasteiger partial charge in [-0.15, -0.1) is 11.3 Å². The number of aryl methyl sites for hydroxylation is 2. The van der Waals surface area contributed by atoms with Crippen molar-refractivity contribution >= 4 is 33.4 Å². The molecule has 0 aliphatic heterocycles. The number of fused-ring (bicyclic) bond motifs is 1. The van der Waals surface area contributed by atoms with E-state index >= 15 is 0 Å². The summed E-state index contributed by atoms with van der Waals surface area (Å²) in [5.41, 5.74) is 0.0136. The van der Waals surface area contributed by atoms with Crippen molar-refractivity contribution in [3.8, 4) is 11.4 Å². The van der Waals surface area contributed by atoms with Gasteiger partial charge in [-0.2, -0.15) is 13.2 Å². The summed E-state index contributed by atoms with van der Waals surface area (Å²) >= 11 is 1.31. The molecule has 0 unspecified atom stereocenters. The molecule has 4 rings (SSSR count). The number of aromatic nitrogens is 3. The highest BCUT2D eigenvalue weighted by molar-refractivity contribution is 7.15. The first-order chi connectivity index (χ1) is 14.1. The molecule has 2 aromatic heterocycles. The lowest BCUT2D eigenvalue weighted by Gasteiger charge is -2.11. The van der Waals surface area contributed by atoms with Crippen molar-refractivity contribution in [2.75, 3.05) is 5.32 Å². The van der Waals surface area contributed by atoms with Crippen LogP contribution < -0.4 is 5.32 Å². The Balaban J connectivity index is 1.78. The van der Waals surface area contributed by atoms with Crippen molar-refractivity contribution < 1.29 is 22.4 Å². The monoisotopic (exact) mass is 434 g/mol. The van der Waals surface area contributed by atoms with Crippen LogP contribution in [-0.4, -0.2) is 20.9 Å². The van der Waals surface area contributed by atoms with Crippen molar-refractivity contribution in [1.82, 2.24) is 15.0 Å². The van der Waals surface area contributed by atoms with E-state index in [9.17, 15) is 22.4 Å². The minimum Gasteiger partial charge on any atom is -0.338 e. The number of halogens is 4. The van der Waals surface area contributed by atoms with Gasteiger partial charge in [-0.25, -0.2) is 14.4 Å². The fourth-order valence-corrected chi connectivity index (χ4v) is 3.80. The molecule has 2 heterocycles. The zero-order chi connectivity index (χ0) is 21.6. The largest absolute Gasteiger partial charge is 0.417 e. The molecule has 0 spiro atoms. The summed E-state index contributed by atoms with van der Waals surface area (Å²) in [6.07, 6.45) is -4.69. The lowest BCUT2D eigenvalue weighted by atomic mass is 10.1. The lowest BCUT2D eigenvalue weighted by Crippen LogP contribution is -2.12. The Hall–Kier alpha value is -3.27. The van der Waals surface area contributed by atoms with Crippen LogP contribution >= 0.6 is 11.3 Å². The number of para-hydroxylation sites is 1. The molecule has 154 valence electrons. The number of thiazole rings is 1. The van der Waals surface area contributed by atoms with Gasteiger partial charge >= 0.3 is 6.18 Å². The Bertz CT molecular complexity index is 1260. The Morgan fingerprint density at radius 1 is 1.13 bits per heavy atom. The SMILES string of the molecule is Cc1nc(NC(=O)c2cccc3[nH]c(-c4cc(F)ccc4C(F)(F)F)nc23)sc1C. The zero-order valence-corrected chi connectivity index (χ0v) is 16.5. The highest BCUT2D eigenvalue weighted by atomic mass is 32.1. The maximum absolute atomic E-state index is 13.7. The van der Waals surface area contributed by atoms with Gasteiger partial charge in [0, 0.05) is 10.4 Å². The number of imidazole rings is 1. The average Bonchev–Trinajstić information content (AvgIpc) is 3.23. The molecule has 4 aromatic rings. The van der Waals surface area contributed by atoms with Crippen molar-refractivity contribution in [2.24, 2.45) is 0 Å². The number of hydrogen-bond donors (Lipinski definition) is 2. The molecule has 0 fully saturated rings. The van der Waals surface area contributed by atoms with Crippen LogP contribution in [0.2, 0.25) is 0 Å². The molecule has 0 atom stereocenters. The molecule has 30 heavy (non-hydrogen) atoms.